The molecule has 0 fully saturated rings. The second-order valence-corrected chi connectivity index (χ2v) is 4.32. The van der Waals surface area contributed by atoms with E-state index in [1.807, 2.05) is 13.8 Å². The molecule has 1 aromatic rings. The molecular formula is C9H15N3OS. The smallest absolute Gasteiger partial charge is 0.221 e. The van der Waals surface area contributed by atoms with Gasteiger partial charge in [-0.05, 0) is 18.4 Å². The van der Waals surface area contributed by atoms with E-state index >= 15 is 0 Å². The van der Waals surface area contributed by atoms with Gasteiger partial charge in [0, 0.05) is 18.6 Å². The molecule has 1 atom stereocenters. The van der Waals surface area contributed by atoms with Crippen molar-refractivity contribution in [3.8, 4) is 0 Å². The Morgan fingerprint density at radius 2 is 2.36 bits per heavy atom. The van der Waals surface area contributed by atoms with E-state index in [1.54, 1.807) is 18.0 Å². The number of aromatic nitrogens is 2. The number of nitrogens with zero attached hydrogens (tertiary/aromatic N) is 2. The molecule has 4 nitrogen and oxygen atoms in total. The molecule has 14 heavy (non-hydrogen) atoms. The summed E-state index contributed by atoms with van der Waals surface area (Å²) in [6.07, 6.45) is 1.72. The standard InChI is InChI=1S/C9H15N3OS/c1-6(4-13)5-14-8-7(2)3-11-9(10)12-8/h3,6,13H,4-5H2,1-2H3,(H2,10,11,12). The number of hydrogen-bond donors (Lipinski definition) is 2. The molecule has 1 aromatic heterocycles. The van der Waals surface area contributed by atoms with E-state index in [9.17, 15) is 0 Å². The van der Waals surface area contributed by atoms with Crippen molar-refractivity contribution >= 4 is 17.7 Å². The Morgan fingerprint density at radius 1 is 1.64 bits per heavy atom. The van der Waals surface area contributed by atoms with Crippen LogP contribution in [0.15, 0.2) is 11.2 Å². The van der Waals surface area contributed by atoms with Gasteiger partial charge in [-0.1, -0.05) is 6.92 Å². The van der Waals surface area contributed by atoms with Crippen LogP contribution in [0.2, 0.25) is 0 Å². The van der Waals surface area contributed by atoms with Crippen LogP contribution in [0.3, 0.4) is 0 Å². The Kier molecular flexibility index (Phi) is 4.16. The quantitative estimate of drug-likeness (QED) is 0.578. The lowest BCUT2D eigenvalue weighted by Gasteiger charge is -2.08. The fourth-order valence-corrected chi connectivity index (χ4v) is 1.85. The molecule has 3 N–H and O–H groups in total. The van der Waals surface area contributed by atoms with Crippen LogP contribution in [-0.4, -0.2) is 27.4 Å². The number of thioether (sulfide) groups is 1. The summed E-state index contributed by atoms with van der Waals surface area (Å²) < 4.78 is 0. The van der Waals surface area contributed by atoms with E-state index in [1.165, 1.54) is 0 Å². The number of rotatable bonds is 4. The molecule has 5 heteroatoms. The summed E-state index contributed by atoms with van der Waals surface area (Å²) in [4.78, 5) is 8.02. The Balaban J connectivity index is 2.62. The van der Waals surface area contributed by atoms with Gasteiger partial charge in [0.25, 0.3) is 0 Å². The predicted octanol–water partition coefficient (Wildman–Crippen LogP) is 1.09. The molecule has 0 spiro atoms. The highest BCUT2D eigenvalue weighted by molar-refractivity contribution is 7.99. The predicted molar refractivity (Wildman–Crippen MR) is 58.2 cm³/mol. The first-order valence-corrected chi connectivity index (χ1v) is 5.44. The minimum absolute atomic E-state index is 0.201. The Bertz CT molecular complexity index is 306. The number of nitrogen functional groups attached to an aromatic ring is 1. The second kappa shape index (κ2) is 5.17. The van der Waals surface area contributed by atoms with Gasteiger partial charge in [0.05, 0.1) is 0 Å². The third kappa shape index (κ3) is 3.16. The fourth-order valence-electron chi connectivity index (χ4n) is 0.859. The summed E-state index contributed by atoms with van der Waals surface area (Å²) >= 11 is 1.60. The van der Waals surface area contributed by atoms with E-state index in [-0.39, 0.29) is 12.5 Å². The molecule has 0 saturated heterocycles. The van der Waals surface area contributed by atoms with E-state index in [0.29, 0.717) is 5.95 Å². The van der Waals surface area contributed by atoms with Crippen LogP contribution in [0.1, 0.15) is 12.5 Å². The highest BCUT2D eigenvalue weighted by atomic mass is 32.2. The van der Waals surface area contributed by atoms with Crippen molar-refractivity contribution in [2.24, 2.45) is 5.92 Å². The summed E-state index contributed by atoms with van der Waals surface area (Å²) in [6, 6.07) is 0. The van der Waals surface area contributed by atoms with Crippen LogP contribution >= 0.6 is 11.8 Å². The largest absolute Gasteiger partial charge is 0.396 e. The lowest BCUT2D eigenvalue weighted by atomic mass is 10.2. The average molecular weight is 213 g/mol. The molecule has 0 aliphatic rings. The van der Waals surface area contributed by atoms with Gasteiger partial charge in [-0.15, -0.1) is 11.8 Å². The van der Waals surface area contributed by atoms with Crippen LogP contribution < -0.4 is 5.73 Å². The van der Waals surface area contributed by atoms with E-state index in [4.69, 9.17) is 10.8 Å². The highest BCUT2D eigenvalue weighted by Gasteiger charge is 2.05. The maximum atomic E-state index is 8.87. The van der Waals surface area contributed by atoms with Crippen LogP contribution in [0.25, 0.3) is 0 Å². The van der Waals surface area contributed by atoms with Gasteiger partial charge < -0.3 is 10.8 Å². The van der Waals surface area contributed by atoms with Gasteiger partial charge in [0.15, 0.2) is 0 Å². The zero-order valence-corrected chi connectivity index (χ0v) is 9.21. The maximum absolute atomic E-state index is 8.87. The molecule has 0 amide bonds. The second-order valence-electron chi connectivity index (χ2n) is 3.32. The zero-order chi connectivity index (χ0) is 10.6. The summed E-state index contributed by atoms with van der Waals surface area (Å²) in [5.41, 5.74) is 6.50. The molecule has 1 heterocycles. The SMILES string of the molecule is Cc1cnc(N)nc1SCC(C)CO. The molecular weight excluding hydrogens is 198 g/mol. The highest BCUT2D eigenvalue weighted by Crippen LogP contribution is 2.21. The molecule has 78 valence electrons. The first kappa shape index (κ1) is 11.3. The van der Waals surface area contributed by atoms with Crippen molar-refractivity contribution in [2.45, 2.75) is 18.9 Å². The van der Waals surface area contributed by atoms with Gasteiger partial charge in [-0.2, -0.15) is 0 Å². The third-order valence-corrected chi connectivity index (χ3v) is 3.18. The number of hydrogen-bond acceptors (Lipinski definition) is 5. The molecule has 0 saturated carbocycles. The minimum Gasteiger partial charge on any atom is -0.396 e. The Morgan fingerprint density at radius 3 is 3.00 bits per heavy atom. The van der Waals surface area contributed by atoms with Crippen molar-refractivity contribution in [3.63, 3.8) is 0 Å². The normalized spacial score (nSPS) is 12.8. The molecule has 1 rings (SSSR count). The Labute approximate surface area is 88.0 Å². The van der Waals surface area contributed by atoms with E-state index < -0.39 is 0 Å². The molecule has 0 aromatic carbocycles. The first-order valence-electron chi connectivity index (χ1n) is 4.46. The van der Waals surface area contributed by atoms with Gasteiger partial charge in [-0.25, -0.2) is 9.97 Å². The van der Waals surface area contributed by atoms with Crippen molar-refractivity contribution in [2.75, 3.05) is 18.1 Å². The lowest BCUT2D eigenvalue weighted by molar-refractivity contribution is 0.250. The number of anilines is 1. The molecule has 1 unspecified atom stereocenters. The topological polar surface area (TPSA) is 72.0 Å². The van der Waals surface area contributed by atoms with Crippen LogP contribution in [0.5, 0.6) is 0 Å². The molecule has 0 aliphatic heterocycles. The van der Waals surface area contributed by atoms with Crippen molar-refractivity contribution < 1.29 is 5.11 Å². The van der Waals surface area contributed by atoms with E-state index in [2.05, 4.69) is 9.97 Å². The summed E-state index contributed by atoms with van der Waals surface area (Å²) in [5, 5.41) is 9.77. The Hall–Kier alpha value is -0.810. The van der Waals surface area contributed by atoms with Gasteiger partial charge in [0.2, 0.25) is 5.95 Å². The fraction of sp³-hybridized carbons (Fsp3) is 0.556. The minimum atomic E-state index is 0.201. The monoisotopic (exact) mass is 213 g/mol. The summed E-state index contributed by atoms with van der Waals surface area (Å²) in [5.74, 6) is 1.42. The van der Waals surface area contributed by atoms with Crippen LogP contribution in [0.4, 0.5) is 5.95 Å². The summed E-state index contributed by atoms with van der Waals surface area (Å²) in [7, 11) is 0. The molecule has 0 radical (unpaired) electrons. The average Bonchev–Trinajstić information content (AvgIpc) is 2.19. The summed E-state index contributed by atoms with van der Waals surface area (Å²) in [6.45, 7) is 4.14. The van der Waals surface area contributed by atoms with Gasteiger partial charge >= 0.3 is 0 Å². The third-order valence-electron chi connectivity index (χ3n) is 1.76. The maximum Gasteiger partial charge on any atom is 0.221 e. The van der Waals surface area contributed by atoms with Crippen molar-refractivity contribution in [1.82, 2.24) is 9.97 Å². The lowest BCUT2D eigenvalue weighted by Crippen LogP contribution is -2.04. The molecule has 0 aliphatic carbocycles. The number of nitrogens with two attached hydrogens (primary N) is 1. The zero-order valence-electron chi connectivity index (χ0n) is 8.40. The van der Waals surface area contributed by atoms with Crippen molar-refractivity contribution in [3.05, 3.63) is 11.8 Å². The first-order chi connectivity index (χ1) is 6.63. The number of aryl methyl sites for hydroxylation is 1. The van der Waals surface area contributed by atoms with Gasteiger partial charge in [0.1, 0.15) is 5.03 Å². The van der Waals surface area contributed by atoms with Crippen LogP contribution in [-0.2, 0) is 0 Å². The van der Waals surface area contributed by atoms with E-state index in [0.717, 1.165) is 16.3 Å². The van der Waals surface area contributed by atoms with Gasteiger partial charge in [-0.3, -0.25) is 0 Å². The van der Waals surface area contributed by atoms with Crippen LogP contribution in [0, 0.1) is 12.8 Å². The number of aliphatic hydroxyl groups is 1. The molecule has 0 bridgehead atoms. The van der Waals surface area contributed by atoms with Crippen molar-refractivity contribution in [1.29, 1.82) is 0 Å². The number of aliphatic hydroxyl groups excluding tert-OH is 1.